The van der Waals surface area contributed by atoms with Crippen LogP contribution in [0.4, 0.5) is 5.69 Å². The normalized spacial score (nSPS) is 11.4. The van der Waals surface area contributed by atoms with Gasteiger partial charge in [-0.25, -0.2) is 8.42 Å². The number of halogens is 1. The highest BCUT2D eigenvalue weighted by atomic mass is 35.5. The highest BCUT2D eigenvalue weighted by Gasteiger charge is 2.33. The average molecular weight is 338 g/mol. The van der Waals surface area contributed by atoms with Crippen LogP contribution in [0.2, 0.25) is 5.02 Å². The van der Waals surface area contributed by atoms with Crippen molar-refractivity contribution in [2.45, 2.75) is 11.8 Å². The number of benzene rings is 1. The molecule has 1 aromatic rings. The maximum Gasteiger partial charge on any atom is 0.323 e. The van der Waals surface area contributed by atoms with Gasteiger partial charge in [0.15, 0.2) is 4.90 Å². The van der Waals surface area contributed by atoms with Gasteiger partial charge in [-0.1, -0.05) is 11.6 Å². The molecule has 0 fully saturated rings. The Hall–Kier alpha value is -1.75. The van der Waals surface area contributed by atoms with Gasteiger partial charge in [-0.15, -0.1) is 0 Å². The van der Waals surface area contributed by atoms with Gasteiger partial charge in [0.2, 0.25) is 0 Å². The van der Waals surface area contributed by atoms with Crippen molar-refractivity contribution < 1.29 is 23.0 Å². The highest BCUT2D eigenvalue weighted by Crippen LogP contribution is 2.29. The molecular weight excluding hydrogens is 326 g/mol. The first-order valence-electron chi connectivity index (χ1n) is 5.55. The van der Waals surface area contributed by atoms with Gasteiger partial charge in [-0.3, -0.25) is 14.9 Å². The van der Waals surface area contributed by atoms with E-state index in [0.29, 0.717) is 4.47 Å². The van der Waals surface area contributed by atoms with Crippen molar-refractivity contribution in [2.24, 2.45) is 5.73 Å². The van der Waals surface area contributed by atoms with E-state index in [9.17, 15) is 23.3 Å². The predicted molar refractivity (Wildman–Crippen MR) is 72.8 cm³/mol. The van der Waals surface area contributed by atoms with Crippen molar-refractivity contribution in [3.8, 4) is 0 Å². The standard InChI is InChI=1S/C10H12ClN3O6S/c1-7(15)20-13(5-4-12)21(18,19)10-3-2-8(11)6-9(10)14(16)17/h2-3,6H,4-5,12H2,1H3. The van der Waals surface area contributed by atoms with Gasteiger partial charge in [0.25, 0.3) is 15.7 Å². The molecule has 0 radical (unpaired) electrons. The molecule has 0 aromatic heterocycles. The summed E-state index contributed by atoms with van der Waals surface area (Å²) in [6.45, 7) is 0.505. The van der Waals surface area contributed by atoms with Crippen molar-refractivity contribution in [3.05, 3.63) is 33.3 Å². The van der Waals surface area contributed by atoms with E-state index in [0.717, 1.165) is 19.1 Å². The predicted octanol–water partition coefficient (Wildman–Crippen LogP) is 0.676. The average Bonchev–Trinajstić information content (AvgIpc) is 2.37. The topological polar surface area (TPSA) is 133 Å². The van der Waals surface area contributed by atoms with Crippen molar-refractivity contribution in [2.75, 3.05) is 13.1 Å². The van der Waals surface area contributed by atoms with Gasteiger partial charge in [0, 0.05) is 24.6 Å². The van der Waals surface area contributed by atoms with E-state index in [4.69, 9.17) is 17.3 Å². The third-order valence-corrected chi connectivity index (χ3v) is 4.14. The summed E-state index contributed by atoms with van der Waals surface area (Å²) in [5.74, 6) is -0.899. The minimum absolute atomic E-state index is 0.00138. The molecule has 0 amide bonds. The summed E-state index contributed by atoms with van der Waals surface area (Å²) in [7, 11) is -4.44. The zero-order chi connectivity index (χ0) is 16.2. The molecular formula is C10H12ClN3O6S. The maximum absolute atomic E-state index is 12.3. The number of hydroxylamine groups is 1. The largest absolute Gasteiger partial charge is 0.353 e. The van der Waals surface area contributed by atoms with Crippen molar-refractivity contribution in [1.29, 1.82) is 0 Å². The molecule has 0 saturated heterocycles. The highest BCUT2D eigenvalue weighted by molar-refractivity contribution is 7.89. The van der Waals surface area contributed by atoms with E-state index in [1.54, 1.807) is 0 Å². The van der Waals surface area contributed by atoms with Crippen LogP contribution in [-0.2, 0) is 19.7 Å². The fraction of sp³-hybridized carbons (Fsp3) is 0.300. The minimum Gasteiger partial charge on any atom is -0.353 e. The van der Waals surface area contributed by atoms with Gasteiger partial charge < -0.3 is 10.6 Å². The number of hydrogen-bond donors (Lipinski definition) is 1. The molecule has 0 bridgehead atoms. The first kappa shape index (κ1) is 17.3. The van der Waals surface area contributed by atoms with Crippen LogP contribution in [-0.4, -0.2) is 36.9 Å². The maximum atomic E-state index is 12.3. The molecule has 0 spiro atoms. The van der Waals surface area contributed by atoms with Crippen LogP contribution in [0.25, 0.3) is 0 Å². The van der Waals surface area contributed by atoms with Gasteiger partial charge in [-0.05, 0) is 16.6 Å². The molecule has 1 aromatic carbocycles. The van der Waals surface area contributed by atoms with Gasteiger partial charge in [0.1, 0.15) is 0 Å². The first-order chi connectivity index (χ1) is 9.70. The molecule has 0 heterocycles. The summed E-state index contributed by atoms with van der Waals surface area (Å²) in [5.41, 5.74) is 4.52. The molecule has 2 N–H and O–H groups in total. The Morgan fingerprint density at radius 3 is 2.62 bits per heavy atom. The molecule has 0 aliphatic heterocycles. The Kier molecular flexibility index (Phi) is 5.61. The SMILES string of the molecule is CC(=O)ON(CCN)S(=O)(=O)c1ccc(Cl)cc1[N+](=O)[O-]. The van der Waals surface area contributed by atoms with E-state index in [1.165, 1.54) is 6.07 Å². The Labute approximate surface area is 125 Å². The van der Waals surface area contributed by atoms with Crippen LogP contribution >= 0.6 is 11.6 Å². The summed E-state index contributed by atoms with van der Waals surface area (Å²) in [4.78, 5) is 24.9. The second kappa shape index (κ2) is 6.80. The summed E-state index contributed by atoms with van der Waals surface area (Å²) in [6, 6.07) is 3.03. The molecule has 11 heteroatoms. The lowest BCUT2D eigenvalue weighted by Gasteiger charge is -2.19. The van der Waals surface area contributed by atoms with E-state index in [1.807, 2.05) is 0 Å². The molecule has 1 rings (SSSR count). The molecule has 116 valence electrons. The Bertz CT molecular complexity index is 663. The molecule has 0 unspecified atom stereocenters. The van der Waals surface area contributed by atoms with Crippen LogP contribution in [0.1, 0.15) is 6.92 Å². The molecule has 9 nitrogen and oxygen atoms in total. The van der Waals surface area contributed by atoms with Gasteiger partial charge in [-0.2, -0.15) is 0 Å². The number of nitrogens with two attached hydrogens (primary N) is 1. The summed E-state index contributed by atoms with van der Waals surface area (Å²) < 4.78 is 25.0. The van der Waals surface area contributed by atoms with Crippen molar-refractivity contribution in [3.63, 3.8) is 0 Å². The van der Waals surface area contributed by atoms with E-state index in [-0.39, 0.29) is 18.1 Å². The number of carbonyl (C=O) groups excluding carboxylic acids is 1. The third-order valence-electron chi connectivity index (χ3n) is 2.21. The number of sulfonamides is 1. The van der Waals surface area contributed by atoms with Crippen LogP contribution < -0.4 is 5.73 Å². The smallest absolute Gasteiger partial charge is 0.323 e. The van der Waals surface area contributed by atoms with Crippen LogP contribution in [0.15, 0.2) is 23.1 Å². The summed E-state index contributed by atoms with van der Waals surface area (Å²) in [6.07, 6.45) is 0. The zero-order valence-corrected chi connectivity index (χ0v) is 12.4. The molecule has 0 aliphatic rings. The van der Waals surface area contributed by atoms with Gasteiger partial charge >= 0.3 is 5.97 Å². The quantitative estimate of drug-likeness (QED) is 0.595. The fourth-order valence-electron chi connectivity index (χ4n) is 1.42. The number of carbonyl (C=O) groups is 1. The van der Waals surface area contributed by atoms with Crippen molar-refractivity contribution in [1.82, 2.24) is 4.47 Å². The lowest BCUT2D eigenvalue weighted by Crippen LogP contribution is -2.37. The second-order valence-electron chi connectivity index (χ2n) is 3.77. The van der Waals surface area contributed by atoms with Gasteiger partial charge in [0.05, 0.1) is 11.5 Å². The molecule has 0 saturated carbocycles. The third kappa shape index (κ3) is 4.11. The minimum atomic E-state index is -4.44. The zero-order valence-electron chi connectivity index (χ0n) is 10.9. The first-order valence-corrected chi connectivity index (χ1v) is 7.37. The Morgan fingerprint density at radius 1 is 1.52 bits per heavy atom. The van der Waals surface area contributed by atoms with Crippen molar-refractivity contribution >= 4 is 33.3 Å². The monoisotopic (exact) mass is 337 g/mol. The van der Waals surface area contributed by atoms with Crippen LogP contribution in [0.3, 0.4) is 0 Å². The van der Waals surface area contributed by atoms with E-state index < -0.39 is 31.5 Å². The Morgan fingerprint density at radius 2 is 2.14 bits per heavy atom. The lowest BCUT2D eigenvalue weighted by atomic mass is 10.3. The number of nitrogens with zero attached hydrogens (tertiary/aromatic N) is 2. The summed E-state index contributed by atoms with van der Waals surface area (Å²) >= 11 is 5.62. The Balaban J connectivity index is 3.40. The second-order valence-corrected chi connectivity index (χ2v) is 6.01. The summed E-state index contributed by atoms with van der Waals surface area (Å²) in [5, 5.41) is 11.0. The van der Waals surface area contributed by atoms with E-state index in [2.05, 4.69) is 4.84 Å². The molecule has 0 atom stereocenters. The lowest BCUT2D eigenvalue weighted by molar-refractivity contribution is -0.387. The van der Waals surface area contributed by atoms with Crippen LogP contribution in [0, 0.1) is 10.1 Å². The fourth-order valence-corrected chi connectivity index (χ4v) is 3.00. The molecule has 21 heavy (non-hydrogen) atoms. The van der Waals surface area contributed by atoms with E-state index >= 15 is 0 Å². The number of nitro benzene ring substituents is 1. The number of hydrogen-bond acceptors (Lipinski definition) is 7. The number of nitro groups is 1. The number of rotatable bonds is 6. The molecule has 0 aliphatic carbocycles. The van der Waals surface area contributed by atoms with Crippen LogP contribution in [0.5, 0.6) is 0 Å².